The Bertz CT molecular complexity index is 1030. The van der Waals surface area contributed by atoms with Gasteiger partial charge in [-0.1, -0.05) is 24.3 Å². The van der Waals surface area contributed by atoms with Gasteiger partial charge in [0.25, 0.3) is 5.91 Å². The molecule has 2 atom stereocenters. The number of hydrogen-bond donors (Lipinski definition) is 1. The molecule has 31 heavy (non-hydrogen) atoms. The molecule has 1 aromatic carbocycles. The van der Waals surface area contributed by atoms with Gasteiger partial charge in [0, 0.05) is 25.7 Å². The molecule has 0 unspecified atom stereocenters. The third-order valence-electron chi connectivity index (χ3n) is 7.61. The van der Waals surface area contributed by atoms with E-state index in [1.54, 1.807) is 0 Å². The fourth-order valence-electron chi connectivity index (χ4n) is 6.05. The number of rotatable bonds is 3. The maximum atomic E-state index is 13.7. The second-order valence-corrected chi connectivity index (χ2v) is 9.57. The summed E-state index contributed by atoms with van der Waals surface area (Å²) in [5.74, 6) is 1.01. The number of aliphatic hydroxyl groups is 1. The van der Waals surface area contributed by atoms with Gasteiger partial charge in [0.2, 0.25) is 5.91 Å². The first-order valence-electron chi connectivity index (χ1n) is 11.1. The zero-order chi connectivity index (χ0) is 21.3. The molecule has 0 bridgehead atoms. The number of fused-ring (bicyclic) bond motifs is 3. The average Bonchev–Trinajstić information content (AvgIpc) is 3.42. The van der Waals surface area contributed by atoms with Crippen LogP contribution in [0.2, 0.25) is 0 Å². The molecular weight excluding hydrogens is 394 g/mol. The van der Waals surface area contributed by atoms with Crippen LogP contribution in [0, 0.1) is 6.92 Å². The number of β-amino-alcohol motifs (C(OH)–C–C–N with tert-alkyl or cyclic N) is 1. The SMILES string of the molecule is Cc1ccc(CN2C(=O)[C@@H]3C[C@@H](O)CN3C3(CN(C4Cc5ccccc5C4)C3)C2=O)o1. The van der Waals surface area contributed by atoms with Crippen LogP contribution in [0.4, 0.5) is 0 Å². The number of amides is 2. The van der Waals surface area contributed by atoms with Crippen LogP contribution in [0.3, 0.4) is 0 Å². The summed E-state index contributed by atoms with van der Waals surface area (Å²) in [6.07, 6.45) is 1.81. The van der Waals surface area contributed by atoms with E-state index in [2.05, 4.69) is 29.2 Å². The number of hydrogen-bond acceptors (Lipinski definition) is 6. The number of aryl methyl sites for hydroxylation is 1. The van der Waals surface area contributed by atoms with Crippen molar-refractivity contribution in [3.05, 3.63) is 59.0 Å². The molecule has 7 nitrogen and oxygen atoms in total. The minimum Gasteiger partial charge on any atom is -0.464 e. The highest BCUT2D eigenvalue weighted by Gasteiger charge is 2.65. The number of carbonyl (C=O) groups excluding carboxylic acids is 2. The van der Waals surface area contributed by atoms with Crippen LogP contribution in [0.25, 0.3) is 0 Å². The maximum Gasteiger partial charge on any atom is 0.252 e. The Balaban J connectivity index is 1.26. The molecule has 4 aliphatic rings. The molecule has 2 aromatic rings. The molecular formula is C24H27N3O4. The highest BCUT2D eigenvalue weighted by molar-refractivity contribution is 6.06. The number of likely N-dealkylation sites (tertiary alicyclic amines) is 1. The van der Waals surface area contributed by atoms with E-state index in [1.165, 1.54) is 16.0 Å². The standard InChI is InChI=1S/C24H27N3O4/c1-15-6-7-20(31-15)12-26-22(29)21-10-19(28)11-27(21)24(23(26)30)13-25(14-24)18-8-16-4-2-3-5-17(16)9-18/h2-7,18-19,21,28H,8-14H2,1H3/t19-,21+/m1/s1. The van der Waals surface area contributed by atoms with Gasteiger partial charge >= 0.3 is 0 Å². The lowest BCUT2D eigenvalue weighted by Gasteiger charge is -2.59. The summed E-state index contributed by atoms with van der Waals surface area (Å²) in [6.45, 7) is 3.60. The quantitative estimate of drug-likeness (QED) is 0.749. The summed E-state index contributed by atoms with van der Waals surface area (Å²) in [5.41, 5.74) is 2.05. The van der Waals surface area contributed by atoms with Crippen molar-refractivity contribution in [2.24, 2.45) is 0 Å². The normalized spacial score (nSPS) is 28.3. The van der Waals surface area contributed by atoms with Gasteiger partial charge in [0.15, 0.2) is 0 Å². The number of carbonyl (C=O) groups is 2. The van der Waals surface area contributed by atoms with Gasteiger partial charge in [-0.15, -0.1) is 0 Å². The van der Waals surface area contributed by atoms with Crippen LogP contribution in [0.15, 0.2) is 40.8 Å². The Morgan fingerprint density at radius 2 is 1.81 bits per heavy atom. The fraction of sp³-hybridized carbons (Fsp3) is 0.500. The van der Waals surface area contributed by atoms with E-state index in [-0.39, 0.29) is 18.4 Å². The Morgan fingerprint density at radius 1 is 1.10 bits per heavy atom. The number of nitrogens with zero attached hydrogens (tertiary/aromatic N) is 3. The van der Waals surface area contributed by atoms with Crippen LogP contribution in [-0.2, 0) is 29.0 Å². The zero-order valence-electron chi connectivity index (χ0n) is 17.7. The molecule has 162 valence electrons. The highest BCUT2D eigenvalue weighted by Crippen LogP contribution is 2.43. The van der Waals surface area contributed by atoms with E-state index in [1.807, 2.05) is 24.0 Å². The van der Waals surface area contributed by atoms with Gasteiger partial charge in [0.05, 0.1) is 18.7 Å². The Hall–Kier alpha value is -2.48. The van der Waals surface area contributed by atoms with Crippen molar-refractivity contribution < 1.29 is 19.1 Å². The third kappa shape index (κ3) is 2.83. The molecule has 6 rings (SSSR count). The summed E-state index contributed by atoms with van der Waals surface area (Å²) in [5, 5.41) is 10.3. The van der Waals surface area contributed by atoms with E-state index in [0.717, 1.165) is 18.6 Å². The maximum absolute atomic E-state index is 13.7. The number of furan rings is 1. The highest BCUT2D eigenvalue weighted by atomic mass is 16.3. The van der Waals surface area contributed by atoms with Gasteiger partial charge in [-0.05, 0) is 49.4 Å². The Labute approximate surface area is 181 Å². The first-order chi connectivity index (χ1) is 14.9. The summed E-state index contributed by atoms with van der Waals surface area (Å²) < 4.78 is 5.65. The predicted molar refractivity (Wildman–Crippen MR) is 112 cm³/mol. The van der Waals surface area contributed by atoms with Crippen LogP contribution in [-0.4, -0.2) is 75.0 Å². The molecule has 4 heterocycles. The lowest BCUT2D eigenvalue weighted by Crippen LogP contribution is -2.82. The Morgan fingerprint density at radius 3 is 2.45 bits per heavy atom. The van der Waals surface area contributed by atoms with Crippen molar-refractivity contribution >= 4 is 11.8 Å². The summed E-state index contributed by atoms with van der Waals surface area (Å²) in [6, 6.07) is 12.2. The van der Waals surface area contributed by atoms with Crippen LogP contribution in [0.1, 0.15) is 29.1 Å². The van der Waals surface area contributed by atoms with Gasteiger partial charge in [-0.2, -0.15) is 0 Å². The van der Waals surface area contributed by atoms with Crippen molar-refractivity contribution in [1.82, 2.24) is 14.7 Å². The lowest BCUT2D eigenvalue weighted by molar-refractivity contribution is -0.183. The van der Waals surface area contributed by atoms with Gasteiger partial charge < -0.3 is 9.52 Å². The second kappa shape index (κ2) is 6.76. The molecule has 7 heteroatoms. The molecule has 0 saturated carbocycles. The van der Waals surface area contributed by atoms with Crippen molar-refractivity contribution in [1.29, 1.82) is 0 Å². The second-order valence-electron chi connectivity index (χ2n) is 9.57. The van der Waals surface area contributed by atoms with E-state index < -0.39 is 17.7 Å². The van der Waals surface area contributed by atoms with Crippen molar-refractivity contribution in [2.45, 2.75) is 56.5 Å². The third-order valence-corrected chi connectivity index (χ3v) is 7.61. The minimum absolute atomic E-state index is 0.149. The number of aliphatic hydroxyl groups excluding tert-OH is 1. The van der Waals surface area contributed by atoms with Crippen molar-refractivity contribution in [3.63, 3.8) is 0 Å². The van der Waals surface area contributed by atoms with Crippen molar-refractivity contribution in [3.8, 4) is 0 Å². The first-order valence-corrected chi connectivity index (χ1v) is 11.1. The number of benzene rings is 1. The molecule has 0 radical (unpaired) electrons. The molecule has 2 amide bonds. The smallest absolute Gasteiger partial charge is 0.252 e. The largest absolute Gasteiger partial charge is 0.464 e. The molecule has 3 fully saturated rings. The van der Waals surface area contributed by atoms with E-state index >= 15 is 0 Å². The molecule has 3 aliphatic heterocycles. The van der Waals surface area contributed by atoms with Gasteiger partial charge in [-0.25, -0.2) is 0 Å². The predicted octanol–water partition coefficient (Wildman–Crippen LogP) is 1.11. The molecule has 1 aliphatic carbocycles. The minimum atomic E-state index is -0.730. The van der Waals surface area contributed by atoms with E-state index in [9.17, 15) is 14.7 Å². The van der Waals surface area contributed by atoms with E-state index in [4.69, 9.17) is 4.42 Å². The van der Waals surface area contributed by atoms with E-state index in [0.29, 0.717) is 37.9 Å². The summed E-state index contributed by atoms with van der Waals surface area (Å²) in [4.78, 5) is 32.6. The van der Waals surface area contributed by atoms with Gasteiger partial charge in [0.1, 0.15) is 17.1 Å². The molecule has 1 N–H and O–H groups in total. The lowest BCUT2D eigenvalue weighted by atomic mass is 9.81. The first kappa shape index (κ1) is 19.2. The molecule has 1 spiro atoms. The van der Waals surface area contributed by atoms with Crippen LogP contribution >= 0.6 is 0 Å². The topological polar surface area (TPSA) is 77.2 Å². The molecule has 3 saturated heterocycles. The number of piperazine rings is 1. The number of imide groups is 1. The van der Waals surface area contributed by atoms with Crippen LogP contribution in [0.5, 0.6) is 0 Å². The fourth-order valence-corrected chi connectivity index (χ4v) is 6.05. The zero-order valence-corrected chi connectivity index (χ0v) is 17.7. The van der Waals surface area contributed by atoms with Gasteiger partial charge in [-0.3, -0.25) is 24.3 Å². The Kier molecular flexibility index (Phi) is 4.19. The van der Waals surface area contributed by atoms with Crippen LogP contribution < -0.4 is 0 Å². The monoisotopic (exact) mass is 421 g/mol. The average molecular weight is 421 g/mol. The summed E-state index contributed by atoms with van der Waals surface area (Å²) >= 11 is 0. The summed E-state index contributed by atoms with van der Waals surface area (Å²) in [7, 11) is 0. The molecule has 1 aromatic heterocycles. The van der Waals surface area contributed by atoms with Crippen molar-refractivity contribution in [2.75, 3.05) is 19.6 Å².